The monoisotopic (exact) mass is 368 g/mol. The molecule has 0 unspecified atom stereocenters. The average molecular weight is 369 g/mol. The molecule has 4 rings (SSSR count). The van der Waals surface area contributed by atoms with Crippen LogP contribution in [-0.4, -0.2) is 27.4 Å². The minimum absolute atomic E-state index is 0.351. The molecule has 0 N–H and O–H groups in total. The maximum absolute atomic E-state index is 6.36. The highest BCUT2D eigenvalue weighted by atomic mass is 35.5. The first-order chi connectivity index (χ1) is 11.2. The molecule has 124 valence electrons. The van der Waals surface area contributed by atoms with Crippen LogP contribution in [0.1, 0.15) is 51.4 Å². The number of amidine groups is 1. The van der Waals surface area contributed by atoms with E-state index in [-0.39, 0.29) is 0 Å². The van der Waals surface area contributed by atoms with E-state index in [1.807, 2.05) is 30.0 Å². The minimum Gasteiger partial charge on any atom is -0.342 e. The second-order valence-corrected chi connectivity index (χ2v) is 8.72. The zero-order valence-corrected chi connectivity index (χ0v) is 15.6. The lowest BCUT2D eigenvalue weighted by atomic mass is 9.95. The zero-order valence-electron chi connectivity index (χ0n) is 13.2. The molecule has 1 spiro atoms. The minimum atomic E-state index is 0.351. The number of hydrogen-bond acceptors (Lipinski definition) is 2. The van der Waals surface area contributed by atoms with Gasteiger partial charge in [0.2, 0.25) is 0 Å². The van der Waals surface area contributed by atoms with Crippen molar-refractivity contribution >= 4 is 45.8 Å². The summed E-state index contributed by atoms with van der Waals surface area (Å²) in [5.74, 6) is 1.18. The molecule has 0 atom stereocenters. The highest BCUT2D eigenvalue weighted by Crippen LogP contribution is 2.48. The van der Waals surface area contributed by atoms with E-state index in [2.05, 4.69) is 4.90 Å². The van der Waals surface area contributed by atoms with Gasteiger partial charge in [-0.25, -0.2) is 4.99 Å². The first kappa shape index (κ1) is 16.1. The lowest BCUT2D eigenvalue weighted by molar-refractivity contribution is 0.163. The van der Waals surface area contributed by atoms with Gasteiger partial charge in [-0.15, -0.1) is 0 Å². The topological polar surface area (TPSA) is 15.6 Å². The number of thioether (sulfide) groups is 1. The second-order valence-electron chi connectivity index (χ2n) is 7.00. The van der Waals surface area contributed by atoms with E-state index in [0.29, 0.717) is 21.6 Å². The van der Waals surface area contributed by atoms with E-state index in [9.17, 15) is 0 Å². The SMILES string of the molecule is Clc1cccc(N=C2SCC3(CCCC3)N2C2CCCC2)c1Cl. The average Bonchev–Trinajstić information content (AvgIpc) is 3.27. The fourth-order valence-corrected chi connectivity index (χ4v) is 6.24. The molecule has 0 radical (unpaired) electrons. The Labute approximate surface area is 152 Å². The van der Waals surface area contributed by atoms with Crippen molar-refractivity contribution in [2.75, 3.05) is 5.75 Å². The lowest BCUT2D eigenvalue weighted by Crippen LogP contribution is -2.50. The largest absolute Gasteiger partial charge is 0.342 e. The Morgan fingerprint density at radius 3 is 2.57 bits per heavy atom. The number of rotatable bonds is 2. The fourth-order valence-electron chi connectivity index (χ4n) is 4.43. The van der Waals surface area contributed by atoms with Crippen molar-refractivity contribution in [3.05, 3.63) is 28.2 Å². The van der Waals surface area contributed by atoms with Crippen LogP contribution >= 0.6 is 35.0 Å². The van der Waals surface area contributed by atoms with Gasteiger partial charge >= 0.3 is 0 Å². The van der Waals surface area contributed by atoms with Crippen molar-refractivity contribution in [3.63, 3.8) is 0 Å². The summed E-state index contributed by atoms with van der Waals surface area (Å²) in [7, 11) is 0. The molecule has 2 nitrogen and oxygen atoms in total. The highest BCUT2D eigenvalue weighted by molar-refractivity contribution is 8.14. The van der Waals surface area contributed by atoms with Crippen LogP contribution in [0.5, 0.6) is 0 Å². The van der Waals surface area contributed by atoms with E-state index in [4.69, 9.17) is 28.2 Å². The summed E-state index contributed by atoms with van der Waals surface area (Å²) >= 11 is 14.4. The molecule has 1 aliphatic heterocycles. The Hall–Kier alpha value is -0.380. The maximum atomic E-state index is 6.36. The summed E-state index contributed by atoms with van der Waals surface area (Å²) in [4.78, 5) is 7.64. The molecule has 1 aromatic carbocycles. The van der Waals surface area contributed by atoms with Gasteiger partial charge in [-0.1, -0.05) is 66.7 Å². The third kappa shape index (κ3) is 2.89. The van der Waals surface area contributed by atoms with Gasteiger partial charge < -0.3 is 4.90 Å². The van der Waals surface area contributed by atoms with Crippen LogP contribution in [0.15, 0.2) is 23.2 Å². The number of benzene rings is 1. The van der Waals surface area contributed by atoms with Gasteiger partial charge in [0.05, 0.1) is 21.3 Å². The molecular weight excluding hydrogens is 347 g/mol. The zero-order chi connectivity index (χ0) is 15.9. The van der Waals surface area contributed by atoms with Gasteiger partial charge in [0, 0.05) is 11.8 Å². The van der Waals surface area contributed by atoms with E-state index in [0.717, 1.165) is 5.69 Å². The van der Waals surface area contributed by atoms with E-state index < -0.39 is 0 Å². The predicted octanol–water partition coefficient (Wildman–Crippen LogP) is 6.29. The summed E-state index contributed by atoms with van der Waals surface area (Å²) < 4.78 is 0. The molecule has 0 amide bonds. The molecule has 0 bridgehead atoms. The Morgan fingerprint density at radius 1 is 1.09 bits per heavy atom. The van der Waals surface area contributed by atoms with E-state index in [1.165, 1.54) is 62.3 Å². The summed E-state index contributed by atoms with van der Waals surface area (Å²) in [5.41, 5.74) is 1.16. The third-order valence-electron chi connectivity index (χ3n) is 5.56. The molecular formula is C18H22Cl2N2S. The van der Waals surface area contributed by atoms with Crippen molar-refractivity contribution in [2.45, 2.75) is 62.9 Å². The van der Waals surface area contributed by atoms with Gasteiger partial charge in [0.25, 0.3) is 0 Å². The van der Waals surface area contributed by atoms with Gasteiger partial charge in [-0.2, -0.15) is 0 Å². The molecule has 23 heavy (non-hydrogen) atoms. The Bertz CT molecular complexity index is 619. The smallest absolute Gasteiger partial charge is 0.165 e. The van der Waals surface area contributed by atoms with Gasteiger partial charge in [0.15, 0.2) is 5.17 Å². The Morgan fingerprint density at radius 2 is 1.83 bits per heavy atom. The molecule has 5 heteroatoms. The number of halogens is 2. The summed E-state index contributed by atoms with van der Waals surface area (Å²) in [6, 6.07) is 6.38. The maximum Gasteiger partial charge on any atom is 0.165 e. The Balaban J connectivity index is 1.71. The number of aliphatic imine (C=N–C) groups is 1. The van der Waals surface area contributed by atoms with Gasteiger partial charge in [0.1, 0.15) is 0 Å². The second kappa shape index (κ2) is 6.50. The summed E-state index contributed by atoms with van der Waals surface area (Å²) in [6.07, 6.45) is 10.7. The standard InChI is InChI=1S/C18H22Cl2N2S/c19-14-8-5-9-15(16(14)20)21-17-22(13-6-1-2-7-13)18(12-23-17)10-3-4-11-18/h5,8-9,13H,1-4,6-7,10-12H2. The molecule has 2 aliphatic carbocycles. The van der Waals surface area contributed by atoms with Crippen molar-refractivity contribution in [1.29, 1.82) is 0 Å². The highest BCUT2D eigenvalue weighted by Gasteiger charge is 2.49. The molecule has 0 aromatic heterocycles. The Kier molecular flexibility index (Phi) is 4.55. The van der Waals surface area contributed by atoms with Crippen molar-refractivity contribution in [2.24, 2.45) is 4.99 Å². The molecule has 1 saturated heterocycles. The number of hydrogen-bond donors (Lipinski definition) is 0. The van der Waals surface area contributed by atoms with Crippen LogP contribution in [0.3, 0.4) is 0 Å². The van der Waals surface area contributed by atoms with Crippen LogP contribution in [-0.2, 0) is 0 Å². The van der Waals surface area contributed by atoms with Crippen molar-refractivity contribution in [3.8, 4) is 0 Å². The first-order valence-electron chi connectivity index (χ1n) is 8.64. The van der Waals surface area contributed by atoms with Crippen LogP contribution in [0, 0.1) is 0 Å². The predicted molar refractivity (Wildman–Crippen MR) is 101 cm³/mol. The molecule has 1 heterocycles. The molecule has 3 fully saturated rings. The number of nitrogens with zero attached hydrogens (tertiary/aromatic N) is 2. The van der Waals surface area contributed by atoms with Crippen molar-refractivity contribution < 1.29 is 0 Å². The van der Waals surface area contributed by atoms with Gasteiger partial charge in [-0.05, 0) is 37.8 Å². The lowest BCUT2D eigenvalue weighted by Gasteiger charge is -2.40. The van der Waals surface area contributed by atoms with E-state index in [1.54, 1.807) is 0 Å². The van der Waals surface area contributed by atoms with Crippen molar-refractivity contribution in [1.82, 2.24) is 4.90 Å². The van der Waals surface area contributed by atoms with E-state index >= 15 is 0 Å². The fraction of sp³-hybridized carbons (Fsp3) is 0.611. The van der Waals surface area contributed by atoms with Crippen LogP contribution in [0.25, 0.3) is 0 Å². The van der Waals surface area contributed by atoms with Crippen LogP contribution in [0.4, 0.5) is 5.69 Å². The molecule has 2 saturated carbocycles. The van der Waals surface area contributed by atoms with Crippen LogP contribution in [0.2, 0.25) is 10.0 Å². The summed E-state index contributed by atoms with van der Waals surface area (Å²) in [6.45, 7) is 0. The van der Waals surface area contributed by atoms with Crippen LogP contribution < -0.4 is 0 Å². The quantitative estimate of drug-likeness (QED) is 0.609. The molecule has 3 aliphatic rings. The normalized spacial score (nSPS) is 26.0. The molecule has 1 aromatic rings. The summed E-state index contributed by atoms with van der Waals surface area (Å²) in [5, 5.41) is 2.32. The first-order valence-corrected chi connectivity index (χ1v) is 10.4. The third-order valence-corrected chi connectivity index (χ3v) is 7.60. The van der Waals surface area contributed by atoms with Gasteiger partial charge in [-0.3, -0.25) is 0 Å².